The maximum Gasteiger partial charge on any atom is 0.202 e. The van der Waals surface area contributed by atoms with Crippen LogP contribution in [0.15, 0.2) is 18.2 Å². The minimum Gasteiger partial charge on any atom is -0.384 e. The molecule has 0 fully saturated rings. The third-order valence-corrected chi connectivity index (χ3v) is 4.29. The average Bonchev–Trinajstić information content (AvgIpc) is 3.08. The second-order valence-electron chi connectivity index (χ2n) is 5.14. The monoisotopic (exact) mass is 317 g/mol. The Hall–Kier alpha value is -1.99. The molecule has 0 saturated heterocycles. The summed E-state index contributed by atoms with van der Waals surface area (Å²) < 4.78 is 11.5. The minimum absolute atomic E-state index is 0.629. The lowest BCUT2D eigenvalue weighted by Gasteiger charge is -2.04. The van der Waals surface area contributed by atoms with E-state index in [4.69, 9.17) is 4.74 Å². The van der Waals surface area contributed by atoms with E-state index in [9.17, 15) is 0 Å². The number of imidazole rings is 1. The summed E-state index contributed by atoms with van der Waals surface area (Å²) in [7, 11) is 3.72. The van der Waals surface area contributed by atoms with Crippen LogP contribution < -0.4 is 5.32 Å². The van der Waals surface area contributed by atoms with Gasteiger partial charge < -0.3 is 14.6 Å². The third-order valence-electron chi connectivity index (χ3n) is 3.58. The number of nitrogens with zero attached hydrogens (tertiary/aromatic N) is 4. The SMILES string of the molecule is COCCc1nsc(NCc2nc3cccc(C)c3n2C)n1. The van der Waals surface area contributed by atoms with Crippen molar-refractivity contribution >= 4 is 27.7 Å². The van der Waals surface area contributed by atoms with Crippen molar-refractivity contribution in [3.05, 3.63) is 35.4 Å². The third kappa shape index (κ3) is 2.95. The molecule has 0 aliphatic rings. The van der Waals surface area contributed by atoms with Crippen LogP contribution in [0.1, 0.15) is 17.2 Å². The van der Waals surface area contributed by atoms with Crippen LogP contribution in [0.2, 0.25) is 0 Å². The van der Waals surface area contributed by atoms with Gasteiger partial charge in [0.05, 0.1) is 24.2 Å². The Bertz CT molecular complexity index is 779. The standard InChI is InChI=1S/C15H19N5OS/c1-10-5-4-6-11-14(10)20(2)13(17-11)9-16-15-18-12(19-22-15)7-8-21-3/h4-6H,7-9H2,1-3H3,(H,16,18,19). The van der Waals surface area contributed by atoms with Crippen LogP contribution in [0.25, 0.3) is 11.0 Å². The van der Waals surface area contributed by atoms with Gasteiger partial charge in [0, 0.05) is 32.1 Å². The molecule has 6 nitrogen and oxygen atoms in total. The van der Waals surface area contributed by atoms with Crippen LogP contribution in [-0.2, 0) is 24.8 Å². The first-order valence-electron chi connectivity index (χ1n) is 7.15. The van der Waals surface area contributed by atoms with Crippen molar-refractivity contribution in [3.8, 4) is 0 Å². The number of rotatable bonds is 6. The quantitative estimate of drug-likeness (QED) is 0.757. The van der Waals surface area contributed by atoms with Crippen LogP contribution in [0.4, 0.5) is 5.13 Å². The lowest BCUT2D eigenvalue weighted by atomic mass is 10.2. The molecule has 7 heteroatoms. The van der Waals surface area contributed by atoms with E-state index in [0.29, 0.717) is 13.2 Å². The van der Waals surface area contributed by atoms with Gasteiger partial charge in [-0.25, -0.2) is 9.97 Å². The molecule has 0 aliphatic carbocycles. The number of aryl methyl sites for hydroxylation is 2. The number of methoxy groups -OCH3 is 1. The topological polar surface area (TPSA) is 64.9 Å². The highest BCUT2D eigenvalue weighted by molar-refractivity contribution is 7.09. The van der Waals surface area contributed by atoms with Crippen LogP contribution in [0.5, 0.6) is 0 Å². The van der Waals surface area contributed by atoms with E-state index in [0.717, 1.165) is 28.7 Å². The first-order valence-corrected chi connectivity index (χ1v) is 7.92. The molecule has 0 saturated carbocycles. The van der Waals surface area contributed by atoms with Gasteiger partial charge in [-0.2, -0.15) is 4.37 Å². The number of hydrogen-bond acceptors (Lipinski definition) is 6. The second-order valence-corrected chi connectivity index (χ2v) is 5.89. The van der Waals surface area contributed by atoms with Gasteiger partial charge in [-0.05, 0) is 18.6 Å². The molecule has 0 unspecified atom stereocenters. The summed E-state index contributed by atoms with van der Waals surface area (Å²) in [6.07, 6.45) is 0.736. The predicted octanol–water partition coefficient (Wildman–Crippen LogP) is 2.53. The fourth-order valence-electron chi connectivity index (χ4n) is 2.45. The number of para-hydroxylation sites is 1. The molecule has 0 aliphatic heterocycles. The summed E-state index contributed by atoms with van der Waals surface area (Å²) in [5, 5.41) is 4.11. The highest BCUT2D eigenvalue weighted by Gasteiger charge is 2.10. The van der Waals surface area contributed by atoms with Crippen molar-refractivity contribution in [2.75, 3.05) is 19.0 Å². The van der Waals surface area contributed by atoms with Crippen molar-refractivity contribution in [1.29, 1.82) is 0 Å². The van der Waals surface area contributed by atoms with Crippen LogP contribution >= 0.6 is 11.5 Å². The van der Waals surface area contributed by atoms with Crippen molar-refractivity contribution in [2.45, 2.75) is 19.9 Å². The number of benzene rings is 1. The summed E-state index contributed by atoms with van der Waals surface area (Å²) in [5.74, 6) is 1.80. The Labute approximate surface area is 133 Å². The summed E-state index contributed by atoms with van der Waals surface area (Å²) in [4.78, 5) is 9.12. The molecule has 2 aromatic heterocycles. The fourth-order valence-corrected chi connectivity index (χ4v) is 3.05. The van der Waals surface area contributed by atoms with Gasteiger partial charge in [-0.3, -0.25) is 0 Å². The number of anilines is 1. The maximum absolute atomic E-state index is 5.04. The summed E-state index contributed by atoms with van der Waals surface area (Å²) >= 11 is 1.37. The second kappa shape index (κ2) is 6.41. The van der Waals surface area contributed by atoms with E-state index in [-0.39, 0.29) is 0 Å². The maximum atomic E-state index is 5.04. The zero-order valence-corrected chi connectivity index (χ0v) is 13.8. The number of ether oxygens (including phenoxy) is 1. The molecule has 2 heterocycles. The molecule has 1 N–H and O–H groups in total. The number of aromatic nitrogens is 4. The smallest absolute Gasteiger partial charge is 0.202 e. The van der Waals surface area contributed by atoms with Crippen molar-refractivity contribution in [2.24, 2.45) is 7.05 Å². The van der Waals surface area contributed by atoms with Gasteiger partial charge in [0.2, 0.25) is 5.13 Å². The molecular formula is C15H19N5OS. The normalized spacial score (nSPS) is 11.2. The van der Waals surface area contributed by atoms with Crippen molar-refractivity contribution < 1.29 is 4.74 Å². The number of fused-ring (bicyclic) bond motifs is 1. The molecular weight excluding hydrogens is 298 g/mol. The molecule has 0 amide bonds. The van der Waals surface area contributed by atoms with E-state index in [1.807, 2.05) is 19.2 Å². The highest BCUT2D eigenvalue weighted by Crippen LogP contribution is 2.20. The Morgan fingerprint density at radius 1 is 1.32 bits per heavy atom. The first kappa shape index (κ1) is 14.9. The lowest BCUT2D eigenvalue weighted by molar-refractivity contribution is 0.201. The number of nitrogens with one attached hydrogen (secondary N) is 1. The van der Waals surface area contributed by atoms with Crippen molar-refractivity contribution in [1.82, 2.24) is 18.9 Å². The molecule has 116 valence electrons. The molecule has 0 radical (unpaired) electrons. The van der Waals surface area contributed by atoms with Gasteiger partial charge in [-0.1, -0.05) is 12.1 Å². The summed E-state index contributed by atoms with van der Waals surface area (Å²) in [6.45, 7) is 3.37. The van der Waals surface area contributed by atoms with Crippen molar-refractivity contribution in [3.63, 3.8) is 0 Å². The largest absolute Gasteiger partial charge is 0.384 e. The molecule has 0 bridgehead atoms. The fraction of sp³-hybridized carbons (Fsp3) is 0.400. The molecule has 0 atom stereocenters. The first-order chi connectivity index (χ1) is 10.7. The zero-order chi connectivity index (χ0) is 15.5. The zero-order valence-electron chi connectivity index (χ0n) is 13.0. The summed E-state index contributed by atoms with van der Waals surface area (Å²) in [5.41, 5.74) is 3.44. The predicted molar refractivity (Wildman–Crippen MR) is 88.3 cm³/mol. The van der Waals surface area contributed by atoms with E-state index < -0.39 is 0 Å². The Morgan fingerprint density at radius 2 is 2.18 bits per heavy atom. The lowest BCUT2D eigenvalue weighted by Crippen LogP contribution is -2.06. The van der Waals surface area contributed by atoms with E-state index in [2.05, 4.69) is 37.2 Å². The Kier molecular flexibility index (Phi) is 4.35. The van der Waals surface area contributed by atoms with Crippen LogP contribution in [0, 0.1) is 6.92 Å². The van der Waals surface area contributed by atoms with Gasteiger partial charge in [0.15, 0.2) is 0 Å². The van der Waals surface area contributed by atoms with Gasteiger partial charge in [0.1, 0.15) is 11.6 Å². The van der Waals surface area contributed by atoms with Gasteiger partial charge in [-0.15, -0.1) is 0 Å². The molecule has 3 aromatic rings. The minimum atomic E-state index is 0.629. The molecule has 22 heavy (non-hydrogen) atoms. The number of hydrogen-bond donors (Lipinski definition) is 1. The molecule has 1 aromatic carbocycles. The Morgan fingerprint density at radius 3 is 2.95 bits per heavy atom. The molecule has 3 rings (SSSR count). The van der Waals surface area contributed by atoms with E-state index in [1.165, 1.54) is 22.6 Å². The highest BCUT2D eigenvalue weighted by atomic mass is 32.1. The van der Waals surface area contributed by atoms with Gasteiger partial charge in [0.25, 0.3) is 0 Å². The van der Waals surface area contributed by atoms with Crippen LogP contribution in [-0.4, -0.2) is 32.6 Å². The van der Waals surface area contributed by atoms with Gasteiger partial charge >= 0.3 is 0 Å². The van der Waals surface area contributed by atoms with E-state index in [1.54, 1.807) is 7.11 Å². The summed E-state index contributed by atoms with van der Waals surface area (Å²) in [6, 6.07) is 6.18. The Balaban J connectivity index is 1.72. The van der Waals surface area contributed by atoms with E-state index >= 15 is 0 Å². The molecule has 0 spiro atoms. The average molecular weight is 317 g/mol. The van der Waals surface area contributed by atoms with Crippen LogP contribution in [0.3, 0.4) is 0 Å².